The molecule has 0 amide bonds. The fraction of sp³-hybridized carbons (Fsp3) is 0.333. The largest absolute Gasteiger partial charge is 0.478 e. The molecule has 4 heteroatoms. The van der Waals surface area contributed by atoms with Gasteiger partial charge >= 0.3 is 5.97 Å². The minimum absolute atomic E-state index is 0.301. The quantitative estimate of drug-likeness (QED) is 0.810. The van der Waals surface area contributed by atoms with E-state index in [0.29, 0.717) is 23.3 Å². The van der Waals surface area contributed by atoms with Crippen molar-refractivity contribution in [2.24, 2.45) is 11.8 Å². The molecular weight excluding hydrogens is 240 g/mol. The van der Waals surface area contributed by atoms with E-state index in [1.807, 2.05) is 0 Å². The van der Waals surface area contributed by atoms with Crippen molar-refractivity contribution in [1.82, 2.24) is 9.97 Å². The highest BCUT2D eigenvalue weighted by Crippen LogP contribution is 2.48. The average molecular weight is 254 g/mol. The molecule has 2 N–H and O–H groups in total. The van der Waals surface area contributed by atoms with E-state index in [1.165, 1.54) is 6.42 Å². The van der Waals surface area contributed by atoms with Crippen LogP contribution in [0.15, 0.2) is 30.4 Å². The van der Waals surface area contributed by atoms with E-state index in [2.05, 4.69) is 22.1 Å². The van der Waals surface area contributed by atoms with E-state index < -0.39 is 5.97 Å². The van der Waals surface area contributed by atoms with Crippen LogP contribution in [0.4, 0.5) is 0 Å². The number of hydrogen-bond donors (Lipinski definition) is 2. The number of carbonyl (C=O) groups is 1. The van der Waals surface area contributed by atoms with Gasteiger partial charge in [-0.2, -0.15) is 0 Å². The zero-order valence-corrected chi connectivity index (χ0v) is 10.3. The van der Waals surface area contributed by atoms with Crippen LogP contribution in [0.2, 0.25) is 0 Å². The van der Waals surface area contributed by atoms with E-state index in [-0.39, 0.29) is 0 Å². The highest BCUT2D eigenvalue weighted by molar-refractivity contribution is 5.92. The summed E-state index contributed by atoms with van der Waals surface area (Å²) in [7, 11) is 0. The first-order valence-corrected chi connectivity index (χ1v) is 6.62. The SMILES string of the molecule is O=C(O)c1ccc2nc(C3CC4C=CC3C4)[nH]c2c1. The number of rotatable bonds is 2. The number of benzene rings is 1. The van der Waals surface area contributed by atoms with Crippen LogP contribution in [-0.2, 0) is 0 Å². The highest BCUT2D eigenvalue weighted by Gasteiger charge is 2.38. The van der Waals surface area contributed by atoms with Gasteiger partial charge in [0.25, 0.3) is 0 Å². The fourth-order valence-electron chi connectivity index (χ4n) is 3.43. The molecule has 0 aliphatic heterocycles. The van der Waals surface area contributed by atoms with Crippen molar-refractivity contribution >= 4 is 17.0 Å². The normalized spacial score (nSPS) is 28.3. The van der Waals surface area contributed by atoms with Gasteiger partial charge in [-0.1, -0.05) is 12.2 Å². The molecule has 2 aromatic rings. The first kappa shape index (κ1) is 10.8. The number of H-pyrrole nitrogens is 1. The summed E-state index contributed by atoms with van der Waals surface area (Å²) in [6, 6.07) is 5.05. The van der Waals surface area contributed by atoms with Crippen LogP contribution in [-0.4, -0.2) is 21.0 Å². The summed E-state index contributed by atoms with van der Waals surface area (Å²) in [6.45, 7) is 0. The van der Waals surface area contributed by atoms with Gasteiger partial charge in [-0.15, -0.1) is 0 Å². The molecular formula is C15H14N2O2. The lowest BCUT2D eigenvalue weighted by Gasteiger charge is -2.14. The summed E-state index contributed by atoms with van der Waals surface area (Å²) in [5.74, 6) is 1.88. The second kappa shape index (κ2) is 3.70. The average Bonchev–Trinajstić information content (AvgIpc) is 3.11. The molecule has 0 radical (unpaired) electrons. The molecule has 1 aromatic carbocycles. The Hall–Kier alpha value is -2.10. The summed E-state index contributed by atoms with van der Waals surface area (Å²) in [5, 5.41) is 9.01. The molecule has 2 aliphatic rings. The molecule has 3 unspecified atom stereocenters. The van der Waals surface area contributed by atoms with Crippen molar-refractivity contribution in [2.45, 2.75) is 18.8 Å². The smallest absolute Gasteiger partial charge is 0.335 e. The third-order valence-corrected chi connectivity index (χ3v) is 4.38. The van der Waals surface area contributed by atoms with Gasteiger partial charge in [0.1, 0.15) is 5.82 Å². The minimum Gasteiger partial charge on any atom is -0.478 e. The lowest BCUT2D eigenvalue weighted by atomic mass is 9.93. The number of nitrogens with zero attached hydrogens (tertiary/aromatic N) is 1. The number of aromatic amines is 1. The van der Waals surface area contributed by atoms with Crippen molar-refractivity contribution in [2.75, 3.05) is 0 Å². The van der Waals surface area contributed by atoms with Crippen molar-refractivity contribution < 1.29 is 9.90 Å². The van der Waals surface area contributed by atoms with Gasteiger partial charge in [0.2, 0.25) is 0 Å². The van der Waals surface area contributed by atoms with Gasteiger partial charge in [-0.25, -0.2) is 9.78 Å². The second-order valence-corrected chi connectivity index (χ2v) is 5.55. The topological polar surface area (TPSA) is 66.0 Å². The molecule has 4 rings (SSSR count). The lowest BCUT2D eigenvalue weighted by Crippen LogP contribution is -2.06. The molecule has 1 aromatic heterocycles. The first-order chi connectivity index (χ1) is 9.20. The molecule has 2 bridgehead atoms. The Kier molecular flexibility index (Phi) is 2.10. The van der Waals surface area contributed by atoms with Crippen LogP contribution < -0.4 is 0 Å². The Balaban J connectivity index is 1.76. The van der Waals surface area contributed by atoms with Gasteiger partial charge in [0.15, 0.2) is 0 Å². The van der Waals surface area contributed by atoms with Crippen LogP contribution in [0.3, 0.4) is 0 Å². The molecule has 0 saturated heterocycles. The predicted octanol–water partition coefficient (Wildman–Crippen LogP) is 2.94. The number of nitrogens with one attached hydrogen (secondary N) is 1. The maximum absolute atomic E-state index is 11.0. The number of allylic oxidation sites excluding steroid dienone is 2. The molecule has 1 saturated carbocycles. The number of aromatic carboxylic acids is 1. The number of aromatic nitrogens is 2. The summed E-state index contributed by atoms with van der Waals surface area (Å²) >= 11 is 0. The summed E-state index contributed by atoms with van der Waals surface area (Å²) in [6.07, 6.45) is 7.01. The van der Waals surface area contributed by atoms with E-state index in [1.54, 1.807) is 18.2 Å². The number of carboxylic acids is 1. The molecule has 1 fully saturated rings. The van der Waals surface area contributed by atoms with Gasteiger partial charge in [0.05, 0.1) is 16.6 Å². The first-order valence-electron chi connectivity index (χ1n) is 6.62. The van der Waals surface area contributed by atoms with Crippen LogP contribution in [0.25, 0.3) is 11.0 Å². The molecule has 96 valence electrons. The minimum atomic E-state index is -0.902. The summed E-state index contributed by atoms with van der Waals surface area (Å²) in [4.78, 5) is 18.9. The monoisotopic (exact) mass is 254 g/mol. The fourth-order valence-corrected chi connectivity index (χ4v) is 3.43. The Morgan fingerprint density at radius 3 is 2.89 bits per heavy atom. The maximum atomic E-state index is 11.0. The van der Waals surface area contributed by atoms with E-state index in [9.17, 15) is 4.79 Å². The van der Waals surface area contributed by atoms with Crippen molar-refractivity contribution in [1.29, 1.82) is 0 Å². The number of hydrogen-bond acceptors (Lipinski definition) is 2. The Morgan fingerprint density at radius 1 is 1.32 bits per heavy atom. The number of imidazole rings is 1. The van der Waals surface area contributed by atoms with E-state index in [0.717, 1.165) is 23.3 Å². The standard InChI is InChI=1S/C15H14N2O2/c18-15(19)10-3-4-12-13(7-10)17-14(16-12)11-6-8-1-2-9(11)5-8/h1-4,7-9,11H,5-6H2,(H,16,17)(H,18,19). The van der Waals surface area contributed by atoms with E-state index in [4.69, 9.17) is 5.11 Å². The highest BCUT2D eigenvalue weighted by atomic mass is 16.4. The lowest BCUT2D eigenvalue weighted by molar-refractivity contribution is 0.0697. The molecule has 4 nitrogen and oxygen atoms in total. The summed E-state index contributed by atoms with van der Waals surface area (Å²) < 4.78 is 0. The van der Waals surface area contributed by atoms with Crippen LogP contribution >= 0.6 is 0 Å². The zero-order chi connectivity index (χ0) is 13.0. The Morgan fingerprint density at radius 2 is 2.21 bits per heavy atom. The molecule has 3 atom stereocenters. The van der Waals surface area contributed by atoms with Crippen LogP contribution in [0.5, 0.6) is 0 Å². The maximum Gasteiger partial charge on any atom is 0.335 e. The van der Waals surface area contributed by atoms with Gasteiger partial charge in [-0.3, -0.25) is 0 Å². The van der Waals surface area contributed by atoms with E-state index >= 15 is 0 Å². The third-order valence-electron chi connectivity index (χ3n) is 4.38. The van der Waals surface area contributed by atoms with Crippen molar-refractivity contribution in [3.05, 3.63) is 41.7 Å². The number of fused-ring (bicyclic) bond motifs is 3. The molecule has 0 spiro atoms. The van der Waals surface area contributed by atoms with Gasteiger partial charge < -0.3 is 10.1 Å². The molecule has 1 heterocycles. The second-order valence-electron chi connectivity index (χ2n) is 5.55. The summed E-state index contributed by atoms with van der Waals surface area (Å²) in [5.41, 5.74) is 1.98. The zero-order valence-electron chi connectivity index (χ0n) is 10.3. The Bertz CT molecular complexity index is 701. The van der Waals surface area contributed by atoms with Crippen molar-refractivity contribution in [3.63, 3.8) is 0 Å². The van der Waals surface area contributed by atoms with Crippen LogP contribution in [0, 0.1) is 11.8 Å². The van der Waals surface area contributed by atoms with Gasteiger partial charge in [-0.05, 0) is 42.9 Å². The predicted molar refractivity (Wildman–Crippen MR) is 71.1 cm³/mol. The molecule has 2 aliphatic carbocycles. The van der Waals surface area contributed by atoms with Gasteiger partial charge in [0, 0.05) is 5.92 Å². The third kappa shape index (κ3) is 1.59. The Labute approximate surface area is 110 Å². The number of carboxylic acid groups (broad SMARTS) is 1. The van der Waals surface area contributed by atoms with Crippen molar-refractivity contribution in [3.8, 4) is 0 Å². The molecule has 19 heavy (non-hydrogen) atoms. The van der Waals surface area contributed by atoms with Crippen LogP contribution in [0.1, 0.15) is 34.9 Å².